The van der Waals surface area contributed by atoms with Crippen molar-refractivity contribution in [3.05, 3.63) is 30.1 Å². The molecule has 0 heterocycles. The number of benzene rings is 1. The fourth-order valence-electron chi connectivity index (χ4n) is 1.70. The van der Waals surface area contributed by atoms with E-state index in [-0.39, 0.29) is 11.1 Å². The van der Waals surface area contributed by atoms with Gasteiger partial charge in [-0.2, -0.15) is 0 Å². The van der Waals surface area contributed by atoms with Crippen LogP contribution in [0.15, 0.2) is 29.2 Å². The lowest BCUT2D eigenvalue weighted by Crippen LogP contribution is -2.47. The van der Waals surface area contributed by atoms with Crippen LogP contribution >= 0.6 is 11.8 Å². The number of esters is 1. The van der Waals surface area contributed by atoms with Crippen molar-refractivity contribution in [1.29, 1.82) is 0 Å². The second-order valence-electron chi connectivity index (χ2n) is 4.50. The molecule has 1 rings (SSSR count). The Hall–Kier alpha value is -1.07. The Kier molecular flexibility index (Phi) is 5.16. The summed E-state index contributed by atoms with van der Waals surface area (Å²) in [7, 11) is 1.32. The van der Waals surface area contributed by atoms with Gasteiger partial charge in [0.05, 0.1) is 7.11 Å². The van der Waals surface area contributed by atoms with E-state index in [2.05, 4.69) is 4.74 Å². The van der Waals surface area contributed by atoms with Crippen molar-refractivity contribution in [2.75, 3.05) is 7.11 Å². The first-order valence-electron chi connectivity index (χ1n) is 5.64. The summed E-state index contributed by atoms with van der Waals surface area (Å²) in [6.45, 7) is 3.63. The molecule has 0 aliphatic heterocycles. The fraction of sp³-hybridized carbons (Fsp3) is 0.462. The van der Waals surface area contributed by atoms with E-state index in [0.717, 1.165) is 4.90 Å². The summed E-state index contributed by atoms with van der Waals surface area (Å²) in [4.78, 5) is 12.4. The van der Waals surface area contributed by atoms with Gasteiger partial charge in [-0.15, -0.1) is 11.8 Å². The van der Waals surface area contributed by atoms with Crippen LogP contribution in [-0.2, 0) is 9.53 Å². The Morgan fingerprint density at radius 1 is 1.50 bits per heavy atom. The fourth-order valence-corrected chi connectivity index (χ4v) is 2.89. The number of thioether (sulfide) groups is 1. The van der Waals surface area contributed by atoms with E-state index >= 15 is 0 Å². The number of hydrogen-bond acceptors (Lipinski definition) is 4. The van der Waals surface area contributed by atoms with Crippen molar-refractivity contribution >= 4 is 17.7 Å². The highest BCUT2D eigenvalue weighted by Crippen LogP contribution is 2.28. The lowest BCUT2D eigenvalue weighted by atomic mass is 9.98. The molecule has 0 spiro atoms. The molecule has 100 valence electrons. The molecule has 0 aromatic heterocycles. The van der Waals surface area contributed by atoms with E-state index in [0.29, 0.717) is 6.42 Å². The molecular formula is C13H18FNO2S. The van der Waals surface area contributed by atoms with Crippen LogP contribution in [-0.4, -0.2) is 23.9 Å². The number of carbonyl (C=O) groups is 1. The molecule has 0 aliphatic rings. The maximum absolute atomic E-state index is 12.8. The van der Waals surface area contributed by atoms with E-state index in [1.54, 1.807) is 30.8 Å². The topological polar surface area (TPSA) is 52.3 Å². The van der Waals surface area contributed by atoms with Crippen LogP contribution in [0.2, 0.25) is 0 Å². The Morgan fingerprint density at radius 2 is 2.06 bits per heavy atom. The van der Waals surface area contributed by atoms with Crippen LogP contribution in [0.4, 0.5) is 4.39 Å². The number of methoxy groups -OCH3 is 1. The monoisotopic (exact) mass is 271 g/mol. The number of carbonyl (C=O) groups excluding carboxylic acids is 1. The number of nitrogens with two attached hydrogens (primary N) is 1. The smallest absolute Gasteiger partial charge is 0.325 e. The number of ether oxygens (including phenoxy) is 1. The molecule has 5 heteroatoms. The molecule has 2 atom stereocenters. The van der Waals surface area contributed by atoms with Crippen molar-refractivity contribution in [1.82, 2.24) is 0 Å². The molecule has 0 saturated heterocycles. The lowest BCUT2D eigenvalue weighted by Gasteiger charge is -2.24. The minimum atomic E-state index is -0.999. The van der Waals surface area contributed by atoms with Crippen molar-refractivity contribution in [2.24, 2.45) is 5.73 Å². The number of halogens is 1. The maximum atomic E-state index is 12.8. The highest BCUT2D eigenvalue weighted by atomic mass is 32.2. The molecule has 2 N–H and O–H groups in total. The predicted molar refractivity (Wildman–Crippen MR) is 70.9 cm³/mol. The maximum Gasteiger partial charge on any atom is 0.325 e. The zero-order chi connectivity index (χ0) is 13.8. The van der Waals surface area contributed by atoms with Crippen LogP contribution in [0.25, 0.3) is 0 Å². The molecule has 18 heavy (non-hydrogen) atoms. The average Bonchev–Trinajstić information content (AvgIpc) is 2.30. The third-order valence-electron chi connectivity index (χ3n) is 2.51. The number of hydrogen-bond donors (Lipinski definition) is 1. The summed E-state index contributed by atoms with van der Waals surface area (Å²) in [5, 5.41) is 0.129. The molecule has 0 amide bonds. The third kappa shape index (κ3) is 4.31. The second-order valence-corrected chi connectivity index (χ2v) is 6.01. The average molecular weight is 271 g/mol. The van der Waals surface area contributed by atoms with Crippen LogP contribution in [0.3, 0.4) is 0 Å². The van der Waals surface area contributed by atoms with Crippen LogP contribution in [0.1, 0.15) is 20.3 Å². The summed E-state index contributed by atoms with van der Waals surface area (Å²) < 4.78 is 17.4. The second kappa shape index (κ2) is 6.20. The molecule has 0 bridgehead atoms. The van der Waals surface area contributed by atoms with Crippen molar-refractivity contribution in [2.45, 2.75) is 36.0 Å². The van der Waals surface area contributed by atoms with E-state index < -0.39 is 11.5 Å². The summed E-state index contributed by atoms with van der Waals surface area (Å²) >= 11 is 1.55. The van der Waals surface area contributed by atoms with Gasteiger partial charge in [-0.3, -0.25) is 4.79 Å². The molecule has 0 fully saturated rings. The quantitative estimate of drug-likeness (QED) is 0.660. The van der Waals surface area contributed by atoms with Gasteiger partial charge in [-0.25, -0.2) is 4.39 Å². The van der Waals surface area contributed by atoms with Crippen molar-refractivity contribution in [3.8, 4) is 0 Å². The molecular weight excluding hydrogens is 253 g/mol. The Bertz CT molecular complexity index is 406. The van der Waals surface area contributed by atoms with Gasteiger partial charge in [-0.1, -0.05) is 6.92 Å². The SMILES string of the molecule is COC(=O)C(C)(N)CC(C)Sc1ccc(F)cc1. The standard InChI is InChI=1S/C13H18FNO2S/c1-9(8-13(2,15)12(16)17-3)18-11-6-4-10(14)5-7-11/h4-7,9H,8,15H2,1-3H3. The zero-order valence-electron chi connectivity index (χ0n) is 10.8. The van der Waals surface area contributed by atoms with E-state index in [1.165, 1.54) is 19.2 Å². The Morgan fingerprint density at radius 3 is 2.56 bits per heavy atom. The molecule has 0 aliphatic carbocycles. The Balaban J connectivity index is 2.58. The number of rotatable bonds is 5. The first-order valence-corrected chi connectivity index (χ1v) is 6.52. The molecule has 1 aromatic rings. The predicted octanol–water partition coefficient (Wildman–Crippen LogP) is 2.59. The molecule has 0 saturated carbocycles. The zero-order valence-corrected chi connectivity index (χ0v) is 11.6. The third-order valence-corrected chi connectivity index (χ3v) is 3.63. The summed E-state index contributed by atoms with van der Waals surface area (Å²) in [6.07, 6.45) is 0.488. The largest absolute Gasteiger partial charge is 0.468 e. The van der Waals surface area contributed by atoms with Gasteiger partial charge < -0.3 is 10.5 Å². The van der Waals surface area contributed by atoms with Gasteiger partial charge in [0.25, 0.3) is 0 Å². The summed E-state index contributed by atoms with van der Waals surface area (Å²) in [5.74, 6) is -0.681. The van der Waals surface area contributed by atoms with Crippen LogP contribution in [0.5, 0.6) is 0 Å². The van der Waals surface area contributed by atoms with E-state index in [1.807, 2.05) is 6.92 Å². The van der Waals surface area contributed by atoms with Gasteiger partial charge in [-0.05, 0) is 37.6 Å². The molecule has 2 unspecified atom stereocenters. The van der Waals surface area contributed by atoms with Gasteiger partial charge in [0.2, 0.25) is 0 Å². The summed E-state index contributed by atoms with van der Waals surface area (Å²) in [5.41, 5.74) is 4.90. The first kappa shape index (κ1) is 15.0. The Labute approximate surface area is 111 Å². The van der Waals surface area contributed by atoms with Gasteiger partial charge in [0.15, 0.2) is 0 Å². The van der Waals surface area contributed by atoms with Crippen molar-refractivity contribution in [3.63, 3.8) is 0 Å². The lowest BCUT2D eigenvalue weighted by molar-refractivity contribution is -0.146. The minimum Gasteiger partial charge on any atom is -0.468 e. The highest BCUT2D eigenvalue weighted by molar-refractivity contribution is 7.99. The van der Waals surface area contributed by atoms with E-state index in [9.17, 15) is 9.18 Å². The van der Waals surface area contributed by atoms with Crippen LogP contribution < -0.4 is 5.73 Å². The molecule has 1 aromatic carbocycles. The van der Waals surface area contributed by atoms with Crippen LogP contribution in [0, 0.1) is 5.82 Å². The summed E-state index contributed by atoms with van der Waals surface area (Å²) in [6, 6.07) is 6.25. The van der Waals surface area contributed by atoms with Crippen molar-refractivity contribution < 1.29 is 13.9 Å². The van der Waals surface area contributed by atoms with Gasteiger partial charge >= 0.3 is 5.97 Å². The van der Waals surface area contributed by atoms with Gasteiger partial charge in [0.1, 0.15) is 11.4 Å². The molecule has 3 nitrogen and oxygen atoms in total. The minimum absolute atomic E-state index is 0.129. The molecule has 0 radical (unpaired) electrons. The normalized spacial score (nSPS) is 15.8. The van der Waals surface area contributed by atoms with E-state index in [4.69, 9.17) is 5.73 Å². The highest BCUT2D eigenvalue weighted by Gasteiger charge is 2.31. The first-order chi connectivity index (χ1) is 8.35. The van der Waals surface area contributed by atoms with Gasteiger partial charge in [0, 0.05) is 10.1 Å².